The van der Waals surface area contributed by atoms with E-state index in [0.717, 1.165) is 25.2 Å². The van der Waals surface area contributed by atoms with Crippen LogP contribution in [0.2, 0.25) is 5.02 Å². The summed E-state index contributed by atoms with van der Waals surface area (Å²) in [6.07, 6.45) is 0. The number of carbonyl (C=O) groups is 3. The zero-order chi connectivity index (χ0) is 25.3. The molecule has 0 spiro atoms. The van der Waals surface area contributed by atoms with Gasteiger partial charge in [-0.15, -0.1) is 0 Å². The molecule has 0 atom stereocenters. The number of rotatable bonds is 6. The lowest BCUT2D eigenvalue weighted by Gasteiger charge is -2.35. The van der Waals surface area contributed by atoms with Gasteiger partial charge in [0.05, 0.1) is 21.3 Å². The summed E-state index contributed by atoms with van der Waals surface area (Å²) in [6.45, 7) is 3.69. The summed E-state index contributed by atoms with van der Waals surface area (Å²) in [5.74, 6) is -1.75. The molecule has 1 saturated heterocycles. The summed E-state index contributed by atoms with van der Waals surface area (Å²) in [4.78, 5) is 35.0. The minimum absolute atomic E-state index is 0.0231. The van der Waals surface area contributed by atoms with Crippen LogP contribution in [0.5, 0.6) is 17.2 Å². The van der Waals surface area contributed by atoms with Crippen molar-refractivity contribution < 1.29 is 38.8 Å². The first-order valence-electron chi connectivity index (χ1n) is 10.2. The first-order valence-corrected chi connectivity index (χ1v) is 10.6. The average Bonchev–Trinajstić information content (AvgIpc) is 2.83. The van der Waals surface area contributed by atoms with Gasteiger partial charge in [-0.2, -0.15) is 0 Å². The molecule has 0 unspecified atom stereocenters. The minimum Gasteiger partial charge on any atom is -0.493 e. The van der Waals surface area contributed by atoms with Crippen LogP contribution in [0, 0.1) is 0 Å². The van der Waals surface area contributed by atoms with E-state index in [-0.39, 0.29) is 5.91 Å². The Bertz CT molecular complexity index is 985. The van der Waals surface area contributed by atoms with E-state index in [2.05, 4.69) is 4.90 Å². The molecule has 1 fully saturated rings. The van der Waals surface area contributed by atoms with Crippen LogP contribution in [-0.4, -0.2) is 85.4 Å². The van der Waals surface area contributed by atoms with Crippen LogP contribution in [0.4, 0.5) is 0 Å². The van der Waals surface area contributed by atoms with Crippen molar-refractivity contribution in [1.29, 1.82) is 0 Å². The number of ether oxygens (including phenoxy) is 3. The molecule has 1 aliphatic heterocycles. The van der Waals surface area contributed by atoms with Crippen LogP contribution in [0.3, 0.4) is 0 Å². The number of halogens is 1. The van der Waals surface area contributed by atoms with E-state index < -0.39 is 11.9 Å². The second-order valence-electron chi connectivity index (χ2n) is 7.22. The minimum atomic E-state index is -1.82. The van der Waals surface area contributed by atoms with Gasteiger partial charge in [0.25, 0.3) is 5.91 Å². The Kier molecular flexibility index (Phi) is 9.96. The average molecular weight is 495 g/mol. The lowest BCUT2D eigenvalue weighted by molar-refractivity contribution is -0.159. The summed E-state index contributed by atoms with van der Waals surface area (Å²) in [5.41, 5.74) is 1.70. The molecule has 1 aliphatic rings. The van der Waals surface area contributed by atoms with Gasteiger partial charge in [-0.1, -0.05) is 17.7 Å². The predicted molar refractivity (Wildman–Crippen MR) is 124 cm³/mol. The van der Waals surface area contributed by atoms with Crippen LogP contribution < -0.4 is 14.2 Å². The summed E-state index contributed by atoms with van der Waals surface area (Å²) in [5, 5.41) is 15.4. The van der Waals surface area contributed by atoms with Crippen LogP contribution >= 0.6 is 11.6 Å². The summed E-state index contributed by atoms with van der Waals surface area (Å²) in [6, 6.07) is 11.0. The maximum absolute atomic E-state index is 12.7. The number of piperazine rings is 1. The van der Waals surface area contributed by atoms with E-state index in [9.17, 15) is 4.79 Å². The molecule has 2 aromatic carbocycles. The van der Waals surface area contributed by atoms with E-state index >= 15 is 0 Å². The van der Waals surface area contributed by atoms with E-state index in [4.69, 9.17) is 45.6 Å². The first kappa shape index (κ1) is 26.7. The molecule has 184 valence electrons. The van der Waals surface area contributed by atoms with Crippen molar-refractivity contribution in [2.75, 3.05) is 47.5 Å². The maximum Gasteiger partial charge on any atom is 0.414 e. The third kappa shape index (κ3) is 7.26. The number of methoxy groups -OCH3 is 3. The van der Waals surface area contributed by atoms with Gasteiger partial charge in [-0.25, -0.2) is 9.59 Å². The number of hydrogen-bond donors (Lipinski definition) is 2. The Morgan fingerprint density at radius 1 is 0.882 bits per heavy atom. The van der Waals surface area contributed by atoms with E-state index in [1.165, 1.54) is 0 Å². The molecule has 0 aromatic heterocycles. The van der Waals surface area contributed by atoms with Crippen molar-refractivity contribution in [3.63, 3.8) is 0 Å². The molecular formula is C23H27ClN2O8. The van der Waals surface area contributed by atoms with Crippen LogP contribution in [0.25, 0.3) is 0 Å². The van der Waals surface area contributed by atoms with Gasteiger partial charge in [0, 0.05) is 43.3 Å². The highest BCUT2D eigenvalue weighted by Gasteiger charge is 2.23. The van der Waals surface area contributed by atoms with Crippen molar-refractivity contribution in [3.8, 4) is 17.2 Å². The van der Waals surface area contributed by atoms with Crippen LogP contribution in [0.15, 0.2) is 36.4 Å². The Morgan fingerprint density at radius 3 is 1.88 bits per heavy atom. The third-order valence-electron chi connectivity index (χ3n) is 5.04. The number of carbonyl (C=O) groups excluding carboxylic acids is 1. The van der Waals surface area contributed by atoms with Crippen molar-refractivity contribution >= 4 is 29.4 Å². The zero-order valence-electron chi connectivity index (χ0n) is 19.1. The monoisotopic (exact) mass is 494 g/mol. The molecule has 0 bridgehead atoms. The summed E-state index contributed by atoms with van der Waals surface area (Å²) in [7, 11) is 4.82. The second-order valence-corrected chi connectivity index (χ2v) is 7.66. The molecule has 1 amide bonds. The Hall–Kier alpha value is -3.50. The van der Waals surface area contributed by atoms with Gasteiger partial charge in [-0.05, 0) is 35.9 Å². The van der Waals surface area contributed by atoms with Gasteiger partial charge in [0.15, 0.2) is 11.5 Å². The number of amides is 1. The zero-order valence-corrected chi connectivity index (χ0v) is 19.9. The standard InChI is InChI=1S/C21H25ClN2O4.C2H2O4/c1-26-18-11-15(12-19(27-2)20(18)28-3)14-23-7-9-24(10-8-23)21(25)16-5-4-6-17(22)13-16;3-1(4)2(5)6/h4-6,11-13H,7-10,14H2,1-3H3;(H,3,4)(H,5,6). The fourth-order valence-corrected chi connectivity index (χ4v) is 3.59. The Balaban J connectivity index is 0.000000604. The molecule has 10 nitrogen and oxygen atoms in total. The quantitative estimate of drug-likeness (QED) is 0.582. The van der Waals surface area contributed by atoms with Gasteiger partial charge < -0.3 is 29.3 Å². The van der Waals surface area contributed by atoms with Crippen LogP contribution in [-0.2, 0) is 16.1 Å². The van der Waals surface area contributed by atoms with E-state index in [1.54, 1.807) is 45.6 Å². The van der Waals surface area contributed by atoms with Gasteiger partial charge >= 0.3 is 11.9 Å². The van der Waals surface area contributed by atoms with E-state index in [1.807, 2.05) is 17.0 Å². The van der Waals surface area contributed by atoms with Crippen molar-refractivity contribution in [2.24, 2.45) is 0 Å². The number of benzene rings is 2. The smallest absolute Gasteiger partial charge is 0.414 e. The summed E-state index contributed by atoms with van der Waals surface area (Å²) < 4.78 is 16.2. The molecule has 0 aliphatic carbocycles. The topological polar surface area (TPSA) is 126 Å². The number of carboxylic acids is 2. The second kappa shape index (κ2) is 12.7. The molecular weight excluding hydrogens is 468 g/mol. The predicted octanol–water partition coefficient (Wildman–Crippen LogP) is 2.48. The molecule has 2 N–H and O–H groups in total. The number of carboxylic acid groups (broad SMARTS) is 2. The maximum atomic E-state index is 12.7. The highest BCUT2D eigenvalue weighted by molar-refractivity contribution is 6.31. The molecule has 0 radical (unpaired) electrons. The van der Waals surface area contributed by atoms with Crippen LogP contribution in [0.1, 0.15) is 15.9 Å². The number of nitrogens with zero attached hydrogens (tertiary/aromatic N) is 2. The largest absolute Gasteiger partial charge is 0.493 e. The number of aliphatic carboxylic acids is 2. The van der Waals surface area contributed by atoms with Crippen molar-refractivity contribution in [2.45, 2.75) is 6.54 Å². The van der Waals surface area contributed by atoms with Gasteiger partial charge in [-0.3, -0.25) is 9.69 Å². The molecule has 3 rings (SSSR count). The molecule has 2 aromatic rings. The third-order valence-corrected chi connectivity index (χ3v) is 5.28. The fraction of sp³-hybridized carbons (Fsp3) is 0.348. The van der Waals surface area contributed by atoms with Crippen molar-refractivity contribution in [3.05, 3.63) is 52.5 Å². The van der Waals surface area contributed by atoms with Crippen molar-refractivity contribution in [1.82, 2.24) is 9.80 Å². The lowest BCUT2D eigenvalue weighted by Crippen LogP contribution is -2.48. The SMILES string of the molecule is COc1cc(CN2CCN(C(=O)c3cccc(Cl)c3)CC2)cc(OC)c1OC.O=C(O)C(=O)O. The lowest BCUT2D eigenvalue weighted by atomic mass is 10.1. The molecule has 0 saturated carbocycles. The molecule has 1 heterocycles. The highest BCUT2D eigenvalue weighted by Crippen LogP contribution is 2.38. The summed E-state index contributed by atoms with van der Waals surface area (Å²) >= 11 is 6.00. The highest BCUT2D eigenvalue weighted by atomic mass is 35.5. The van der Waals surface area contributed by atoms with Gasteiger partial charge in [0.1, 0.15) is 0 Å². The fourth-order valence-electron chi connectivity index (χ4n) is 3.40. The van der Waals surface area contributed by atoms with Gasteiger partial charge in [0.2, 0.25) is 5.75 Å². The van der Waals surface area contributed by atoms with E-state index in [0.29, 0.717) is 40.9 Å². The normalized spacial score (nSPS) is 13.4. The Labute approximate surface area is 202 Å². The Morgan fingerprint density at radius 2 is 1.44 bits per heavy atom. The molecule has 34 heavy (non-hydrogen) atoms. The first-order chi connectivity index (χ1) is 16.2. The molecule has 11 heteroatoms. The number of hydrogen-bond acceptors (Lipinski definition) is 7.